The number of rotatable bonds is 1. The average molecular weight is 206 g/mol. The molecule has 3 heterocycles. The highest BCUT2D eigenvalue weighted by Crippen LogP contribution is 2.26. The van der Waals surface area contributed by atoms with Gasteiger partial charge in [0, 0.05) is 24.7 Å². The molecular weight excluding hydrogens is 196 g/mol. The molecular formula is C9H10N4S. The molecule has 0 unspecified atom stereocenters. The summed E-state index contributed by atoms with van der Waals surface area (Å²) in [7, 11) is 0. The topological polar surface area (TPSA) is 33.4 Å². The van der Waals surface area contributed by atoms with E-state index in [1.54, 1.807) is 6.20 Å². The molecule has 5 heteroatoms. The van der Waals surface area contributed by atoms with Crippen molar-refractivity contribution in [3.63, 3.8) is 0 Å². The first kappa shape index (κ1) is 8.11. The summed E-state index contributed by atoms with van der Waals surface area (Å²) in [6.45, 7) is 1.10. The van der Waals surface area contributed by atoms with E-state index in [1.807, 2.05) is 34.9 Å². The van der Waals surface area contributed by atoms with Crippen molar-refractivity contribution in [1.82, 2.24) is 14.4 Å². The van der Waals surface area contributed by atoms with E-state index < -0.39 is 0 Å². The monoisotopic (exact) mass is 206 g/mol. The second-order valence-corrected chi connectivity index (χ2v) is 4.33. The fourth-order valence-electron chi connectivity index (χ4n) is 1.57. The van der Waals surface area contributed by atoms with Crippen LogP contribution in [0, 0.1) is 0 Å². The van der Waals surface area contributed by atoms with Crippen molar-refractivity contribution in [1.29, 1.82) is 0 Å². The Bertz CT molecular complexity index is 447. The fraction of sp³-hybridized carbons (Fsp3) is 0.333. The minimum atomic E-state index is 0.901. The van der Waals surface area contributed by atoms with E-state index in [0.717, 1.165) is 18.0 Å². The Morgan fingerprint density at radius 3 is 3.21 bits per heavy atom. The largest absolute Gasteiger partial charge is 0.302 e. The van der Waals surface area contributed by atoms with Crippen molar-refractivity contribution in [2.45, 2.75) is 6.42 Å². The highest BCUT2D eigenvalue weighted by Gasteiger charge is 2.14. The van der Waals surface area contributed by atoms with Gasteiger partial charge in [0.1, 0.15) is 0 Å². The molecule has 0 saturated carbocycles. The van der Waals surface area contributed by atoms with E-state index in [2.05, 4.69) is 14.3 Å². The predicted molar refractivity (Wildman–Crippen MR) is 57.4 cm³/mol. The zero-order valence-electron chi connectivity index (χ0n) is 7.63. The summed E-state index contributed by atoms with van der Waals surface area (Å²) in [4.78, 5) is 8.54. The maximum absolute atomic E-state index is 4.38. The van der Waals surface area contributed by atoms with Crippen LogP contribution in [-0.2, 0) is 0 Å². The van der Waals surface area contributed by atoms with E-state index in [-0.39, 0.29) is 0 Å². The SMILES string of the molecule is c1cn2cc(N3CCCS3)ncc2n1. The third-order valence-corrected chi connectivity index (χ3v) is 3.43. The van der Waals surface area contributed by atoms with Crippen LogP contribution in [0.3, 0.4) is 0 Å². The number of hydrogen-bond donors (Lipinski definition) is 0. The van der Waals surface area contributed by atoms with Crippen LogP contribution in [0.1, 0.15) is 6.42 Å². The summed E-state index contributed by atoms with van der Waals surface area (Å²) in [5.41, 5.74) is 0.901. The molecule has 14 heavy (non-hydrogen) atoms. The maximum Gasteiger partial charge on any atom is 0.155 e. The van der Waals surface area contributed by atoms with Crippen molar-refractivity contribution in [3.8, 4) is 0 Å². The molecule has 1 aliphatic heterocycles. The minimum absolute atomic E-state index is 0.901. The summed E-state index contributed by atoms with van der Waals surface area (Å²) in [6, 6.07) is 0. The van der Waals surface area contributed by atoms with Gasteiger partial charge in [-0.15, -0.1) is 0 Å². The first-order chi connectivity index (χ1) is 6.93. The van der Waals surface area contributed by atoms with E-state index >= 15 is 0 Å². The lowest BCUT2D eigenvalue weighted by molar-refractivity contribution is 0.962. The molecule has 0 aliphatic carbocycles. The standard InChI is InChI=1S/C9H10N4S/c1-3-13(14-5-1)9-7-12-4-2-10-8(12)6-11-9/h2,4,6-7H,1,3,5H2. The van der Waals surface area contributed by atoms with Gasteiger partial charge in [-0.1, -0.05) is 0 Å². The Morgan fingerprint density at radius 2 is 2.36 bits per heavy atom. The van der Waals surface area contributed by atoms with Crippen LogP contribution < -0.4 is 4.31 Å². The van der Waals surface area contributed by atoms with Gasteiger partial charge >= 0.3 is 0 Å². The van der Waals surface area contributed by atoms with Crippen LogP contribution >= 0.6 is 11.9 Å². The van der Waals surface area contributed by atoms with Gasteiger partial charge in [0.25, 0.3) is 0 Å². The normalized spacial score (nSPS) is 16.7. The Balaban J connectivity index is 2.04. The van der Waals surface area contributed by atoms with Crippen molar-refractivity contribution in [2.75, 3.05) is 16.6 Å². The third kappa shape index (κ3) is 1.24. The van der Waals surface area contributed by atoms with Gasteiger partial charge in [0.05, 0.1) is 12.4 Å². The summed E-state index contributed by atoms with van der Waals surface area (Å²) in [6.07, 6.45) is 8.82. The van der Waals surface area contributed by atoms with Crippen molar-refractivity contribution >= 4 is 23.4 Å². The van der Waals surface area contributed by atoms with Gasteiger partial charge in [-0.05, 0) is 18.4 Å². The highest BCUT2D eigenvalue weighted by molar-refractivity contribution is 8.00. The predicted octanol–water partition coefficient (Wildman–Crippen LogP) is 1.59. The molecule has 2 aromatic rings. The molecule has 4 nitrogen and oxygen atoms in total. The molecule has 0 N–H and O–H groups in total. The molecule has 0 spiro atoms. The van der Waals surface area contributed by atoms with Crippen LogP contribution in [0.15, 0.2) is 24.8 Å². The molecule has 1 fully saturated rings. The average Bonchev–Trinajstić information content (AvgIpc) is 2.88. The van der Waals surface area contributed by atoms with Gasteiger partial charge in [0.15, 0.2) is 11.5 Å². The first-order valence-corrected chi connectivity index (χ1v) is 5.57. The number of hydrogen-bond acceptors (Lipinski definition) is 4. The molecule has 0 atom stereocenters. The summed E-state index contributed by atoms with van der Waals surface area (Å²) in [5.74, 6) is 2.22. The molecule has 0 amide bonds. The molecule has 3 rings (SSSR count). The highest BCUT2D eigenvalue weighted by atomic mass is 32.2. The zero-order valence-corrected chi connectivity index (χ0v) is 8.44. The number of fused-ring (bicyclic) bond motifs is 1. The van der Waals surface area contributed by atoms with Gasteiger partial charge in [-0.2, -0.15) is 0 Å². The van der Waals surface area contributed by atoms with Crippen LogP contribution in [0.5, 0.6) is 0 Å². The van der Waals surface area contributed by atoms with Crippen molar-refractivity contribution < 1.29 is 0 Å². The quantitative estimate of drug-likeness (QED) is 0.663. The number of imidazole rings is 1. The van der Waals surface area contributed by atoms with Crippen LogP contribution in [0.25, 0.3) is 5.65 Å². The van der Waals surface area contributed by atoms with Crippen LogP contribution in [0.2, 0.25) is 0 Å². The smallest absolute Gasteiger partial charge is 0.155 e. The Morgan fingerprint density at radius 1 is 1.36 bits per heavy atom. The Kier molecular flexibility index (Phi) is 1.83. The van der Waals surface area contributed by atoms with Crippen LogP contribution in [-0.4, -0.2) is 26.7 Å². The number of aromatic nitrogens is 3. The molecule has 0 bridgehead atoms. The zero-order chi connectivity index (χ0) is 9.38. The van der Waals surface area contributed by atoms with E-state index in [9.17, 15) is 0 Å². The summed E-state index contributed by atoms with van der Waals surface area (Å²) in [5, 5.41) is 0. The Labute approximate surface area is 86.1 Å². The lowest BCUT2D eigenvalue weighted by atomic mass is 10.5. The van der Waals surface area contributed by atoms with Crippen molar-refractivity contribution in [3.05, 3.63) is 24.8 Å². The Hall–Kier alpha value is -1.23. The van der Waals surface area contributed by atoms with Gasteiger partial charge < -0.3 is 4.40 Å². The summed E-state index contributed by atoms with van der Waals surface area (Å²) < 4.78 is 4.24. The first-order valence-electron chi connectivity index (χ1n) is 4.63. The van der Waals surface area contributed by atoms with Gasteiger partial charge in [-0.25, -0.2) is 9.97 Å². The molecule has 0 radical (unpaired) electrons. The molecule has 1 aliphatic rings. The number of anilines is 1. The van der Waals surface area contributed by atoms with Gasteiger partial charge in [0.2, 0.25) is 0 Å². The van der Waals surface area contributed by atoms with E-state index in [0.29, 0.717) is 0 Å². The second-order valence-electron chi connectivity index (χ2n) is 3.23. The summed E-state index contributed by atoms with van der Waals surface area (Å²) >= 11 is 1.84. The van der Waals surface area contributed by atoms with Crippen LogP contribution in [0.4, 0.5) is 5.82 Å². The molecule has 2 aromatic heterocycles. The molecule has 72 valence electrons. The third-order valence-electron chi connectivity index (χ3n) is 2.27. The minimum Gasteiger partial charge on any atom is -0.302 e. The lowest BCUT2D eigenvalue weighted by Crippen LogP contribution is -2.11. The molecule has 0 aromatic carbocycles. The van der Waals surface area contributed by atoms with Gasteiger partial charge in [-0.3, -0.25) is 4.31 Å². The molecule has 1 saturated heterocycles. The second kappa shape index (κ2) is 3.16. The van der Waals surface area contributed by atoms with E-state index in [4.69, 9.17) is 0 Å². The lowest BCUT2D eigenvalue weighted by Gasteiger charge is -2.13. The maximum atomic E-state index is 4.38. The van der Waals surface area contributed by atoms with Crippen molar-refractivity contribution in [2.24, 2.45) is 0 Å². The van der Waals surface area contributed by atoms with E-state index in [1.165, 1.54) is 12.2 Å². The number of nitrogens with zero attached hydrogens (tertiary/aromatic N) is 4. The fourth-order valence-corrected chi connectivity index (χ4v) is 2.54.